The number of para-hydroxylation sites is 1. The number of rotatable bonds is 6. The van der Waals surface area contributed by atoms with Gasteiger partial charge in [0.1, 0.15) is 5.75 Å². The summed E-state index contributed by atoms with van der Waals surface area (Å²) in [6.45, 7) is 0. The highest BCUT2D eigenvalue weighted by Gasteiger charge is 2.11. The van der Waals surface area contributed by atoms with Crippen LogP contribution in [-0.4, -0.2) is 35.1 Å². The van der Waals surface area contributed by atoms with Crippen molar-refractivity contribution in [3.63, 3.8) is 0 Å². The van der Waals surface area contributed by atoms with Gasteiger partial charge >= 0.3 is 0 Å². The van der Waals surface area contributed by atoms with Crippen molar-refractivity contribution in [2.75, 3.05) is 19.4 Å². The van der Waals surface area contributed by atoms with Gasteiger partial charge in [0.2, 0.25) is 5.91 Å². The normalized spacial score (nSPS) is 10.7. The van der Waals surface area contributed by atoms with Crippen LogP contribution in [0.4, 0.5) is 14.9 Å². The molecule has 2 aromatic carbocycles. The molecule has 6 nitrogen and oxygen atoms in total. The number of nitrogens with zero attached hydrogens (tertiary/aromatic N) is 2. The third-order valence-corrected chi connectivity index (χ3v) is 5.07. The Balaban J connectivity index is 1.65. The Morgan fingerprint density at radius 1 is 1.13 bits per heavy atom. The molecular weight excluding hydrogens is 417 g/mol. The monoisotopic (exact) mass is 437 g/mol. The summed E-state index contributed by atoms with van der Waals surface area (Å²) in [4.78, 5) is 30.3. The Morgan fingerprint density at radius 3 is 2.65 bits per heavy atom. The van der Waals surface area contributed by atoms with Gasteiger partial charge in [0, 0.05) is 31.3 Å². The molecule has 0 unspecified atom stereocenters. The van der Waals surface area contributed by atoms with Gasteiger partial charge in [0.15, 0.2) is 11.6 Å². The standard InChI is InChI=1S/C23H20FN3O3S/c1-27(2)23(29)31-21-8-4-3-7-19(21)26-22(28)12-10-16-9-11-20(18(24)14-16)30-17-6-5-13-25-15-17/h3-15H,1-2H3,(H,26,28)/b12-10+. The number of aromatic nitrogens is 1. The molecule has 2 amide bonds. The first-order chi connectivity index (χ1) is 14.9. The van der Waals surface area contributed by atoms with Gasteiger partial charge in [-0.2, -0.15) is 0 Å². The van der Waals surface area contributed by atoms with Gasteiger partial charge in [-0.1, -0.05) is 18.2 Å². The first-order valence-corrected chi connectivity index (χ1v) is 10.1. The maximum atomic E-state index is 14.3. The first-order valence-electron chi connectivity index (χ1n) is 9.27. The molecule has 1 heterocycles. The molecule has 0 aliphatic carbocycles. The van der Waals surface area contributed by atoms with Crippen LogP contribution in [0.5, 0.6) is 11.5 Å². The predicted octanol–water partition coefficient (Wildman–Crippen LogP) is 5.44. The summed E-state index contributed by atoms with van der Waals surface area (Å²) in [7, 11) is 3.32. The van der Waals surface area contributed by atoms with Crippen molar-refractivity contribution in [1.82, 2.24) is 9.88 Å². The van der Waals surface area contributed by atoms with Crippen molar-refractivity contribution < 1.29 is 18.7 Å². The largest absolute Gasteiger partial charge is 0.453 e. The Morgan fingerprint density at radius 2 is 1.94 bits per heavy atom. The number of anilines is 1. The van der Waals surface area contributed by atoms with Crippen LogP contribution in [0.3, 0.4) is 0 Å². The van der Waals surface area contributed by atoms with E-state index in [1.165, 1.54) is 35.4 Å². The molecule has 1 N–H and O–H groups in total. The number of ether oxygens (including phenoxy) is 1. The number of halogens is 1. The van der Waals surface area contributed by atoms with Crippen LogP contribution < -0.4 is 10.1 Å². The minimum Gasteiger partial charge on any atom is -0.453 e. The average molecular weight is 437 g/mol. The molecule has 0 bridgehead atoms. The molecule has 0 aliphatic heterocycles. The molecule has 0 atom stereocenters. The van der Waals surface area contributed by atoms with Crippen molar-refractivity contribution in [3.8, 4) is 11.5 Å². The van der Waals surface area contributed by atoms with E-state index in [-0.39, 0.29) is 11.0 Å². The summed E-state index contributed by atoms with van der Waals surface area (Å²) < 4.78 is 19.8. The fourth-order valence-corrected chi connectivity index (χ4v) is 3.17. The Bertz CT molecular complexity index is 1100. The number of thioether (sulfide) groups is 1. The lowest BCUT2D eigenvalue weighted by molar-refractivity contribution is -0.111. The van der Waals surface area contributed by atoms with Gasteiger partial charge < -0.3 is 15.0 Å². The minimum atomic E-state index is -0.560. The molecule has 0 aliphatic rings. The highest BCUT2D eigenvalue weighted by atomic mass is 32.2. The van der Waals surface area contributed by atoms with E-state index in [0.717, 1.165) is 11.8 Å². The minimum absolute atomic E-state index is 0.0612. The Hall–Kier alpha value is -3.65. The molecule has 0 saturated carbocycles. The molecule has 3 aromatic rings. The van der Waals surface area contributed by atoms with Crippen molar-refractivity contribution >= 4 is 34.7 Å². The second-order valence-electron chi connectivity index (χ2n) is 6.56. The molecule has 0 fully saturated rings. The maximum absolute atomic E-state index is 14.3. The van der Waals surface area contributed by atoms with E-state index >= 15 is 0 Å². The molecule has 31 heavy (non-hydrogen) atoms. The third kappa shape index (κ3) is 6.42. The van der Waals surface area contributed by atoms with E-state index in [2.05, 4.69) is 10.3 Å². The number of pyridine rings is 1. The Kier molecular flexibility index (Phi) is 7.40. The lowest BCUT2D eigenvalue weighted by atomic mass is 10.2. The van der Waals surface area contributed by atoms with E-state index in [9.17, 15) is 14.0 Å². The molecule has 1 aromatic heterocycles. The molecule has 158 valence electrons. The van der Waals surface area contributed by atoms with Crippen LogP contribution >= 0.6 is 11.8 Å². The smallest absolute Gasteiger partial charge is 0.286 e. The van der Waals surface area contributed by atoms with Gasteiger partial charge in [0.25, 0.3) is 5.24 Å². The van der Waals surface area contributed by atoms with Gasteiger partial charge in [-0.15, -0.1) is 0 Å². The molecule has 8 heteroatoms. The van der Waals surface area contributed by atoms with Crippen molar-refractivity contribution in [1.29, 1.82) is 0 Å². The molecule has 0 radical (unpaired) electrons. The third-order valence-electron chi connectivity index (χ3n) is 3.95. The van der Waals surface area contributed by atoms with Crippen molar-refractivity contribution in [2.45, 2.75) is 4.90 Å². The number of nitrogens with one attached hydrogen (secondary N) is 1. The van der Waals surface area contributed by atoms with Gasteiger partial charge in [-0.25, -0.2) is 4.39 Å². The topological polar surface area (TPSA) is 71.5 Å². The van der Waals surface area contributed by atoms with Crippen molar-refractivity contribution in [2.24, 2.45) is 0 Å². The lowest BCUT2D eigenvalue weighted by Gasteiger charge is -2.12. The summed E-state index contributed by atoms with van der Waals surface area (Å²) >= 11 is 1.02. The quantitative estimate of drug-likeness (QED) is 0.411. The van der Waals surface area contributed by atoms with Crippen LogP contribution in [0.25, 0.3) is 6.08 Å². The number of hydrogen-bond acceptors (Lipinski definition) is 5. The second kappa shape index (κ2) is 10.4. The molecular formula is C23H20FN3O3S. The fraction of sp³-hybridized carbons (Fsp3) is 0.0870. The van der Waals surface area contributed by atoms with E-state index < -0.39 is 11.7 Å². The van der Waals surface area contributed by atoms with Crippen molar-refractivity contribution in [3.05, 3.63) is 84.4 Å². The SMILES string of the molecule is CN(C)C(=O)Sc1ccccc1NC(=O)/C=C/c1ccc(Oc2cccnc2)c(F)c1. The summed E-state index contributed by atoms with van der Waals surface area (Å²) in [6.07, 6.45) is 5.87. The van der Waals surface area contributed by atoms with Gasteiger partial charge in [-0.05, 0) is 59.8 Å². The number of hydrogen-bond donors (Lipinski definition) is 1. The second-order valence-corrected chi connectivity index (χ2v) is 7.55. The first kappa shape index (κ1) is 22.0. The van der Waals surface area contributed by atoms with E-state index in [4.69, 9.17) is 4.74 Å². The van der Waals surface area contributed by atoms with Crippen LogP contribution in [0.2, 0.25) is 0 Å². The zero-order valence-electron chi connectivity index (χ0n) is 16.9. The molecule has 0 spiro atoms. The van der Waals surface area contributed by atoms with Gasteiger partial charge in [-0.3, -0.25) is 14.6 Å². The highest BCUT2D eigenvalue weighted by molar-refractivity contribution is 8.13. The number of benzene rings is 2. The summed E-state index contributed by atoms with van der Waals surface area (Å²) in [5.41, 5.74) is 1.01. The summed E-state index contributed by atoms with van der Waals surface area (Å²) in [5.74, 6) is -0.476. The number of carbonyl (C=O) groups is 2. The van der Waals surface area contributed by atoms with Gasteiger partial charge in [0.05, 0.1) is 11.9 Å². The zero-order chi connectivity index (χ0) is 22.2. The van der Waals surface area contributed by atoms with Crippen LogP contribution in [0.15, 0.2) is 78.0 Å². The van der Waals surface area contributed by atoms with Crippen LogP contribution in [0.1, 0.15) is 5.56 Å². The zero-order valence-corrected chi connectivity index (χ0v) is 17.7. The summed E-state index contributed by atoms with van der Waals surface area (Å²) in [6, 6.07) is 14.8. The van der Waals surface area contributed by atoms with E-state index in [1.54, 1.807) is 62.8 Å². The molecule has 0 saturated heterocycles. The fourth-order valence-electron chi connectivity index (χ4n) is 2.43. The average Bonchev–Trinajstić information content (AvgIpc) is 2.76. The predicted molar refractivity (Wildman–Crippen MR) is 120 cm³/mol. The maximum Gasteiger partial charge on any atom is 0.286 e. The molecule has 3 rings (SSSR count). The van der Waals surface area contributed by atoms with E-state index in [0.29, 0.717) is 21.9 Å². The number of carbonyl (C=O) groups excluding carboxylic acids is 2. The van der Waals surface area contributed by atoms with Crippen LogP contribution in [0, 0.1) is 5.82 Å². The lowest BCUT2D eigenvalue weighted by Crippen LogP contribution is -2.16. The van der Waals surface area contributed by atoms with Crippen LogP contribution in [-0.2, 0) is 4.79 Å². The summed E-state index contributed by atoms with van der Waals surface area (Å²) in [5, 5.41) is 2.59. The highest BCUT2D eigenvalue weighted by Crippen LogP contribution is 2.29. The Labute approximate surface area is 183 Å². The number of amides is 2. The van der Waals surface area contributed by atoms with E-state index in [1.807, 2.05) is 0 Å².